The minimum absolute atomic E-state index is 0.0951. The lowest BCUT2D eigenvalue weighted by molar-refractivity contribution is -0.121. The molecule has 1 aliphatic carbocycles. The highest BCUT2D eigenvalue weighted by Gasteiger charge is 2.29. The number of rotatable bonds is 4. The Morgan fingerprint density at radius 3 is 2.81 bits per heavy atom. The van der Waals surface area contributed by atoms with Crippen LogP contribution in [0.5, 0.6) is 0 Å². The first kappa shape index (κ1) is 19.1. The molecule has 1 saturated carbocycles. The third kappa shape index (κ3) is 3.34. The zero-order valence-corrected chi connectivity index (χ0v) is 17.3. The van der Waals surface area contributed by atoms with E-state index < -0.39 is 6.04 Å². The van der Waals surface area contributed by atoms with Crippen LogP contribution in [0, 0.1) is 5.82 Å². The van der Waals surface area contributed by atoms with Crippen molar-refractivity contribution in [1.82, 2.24) is 30.2 Å². The lowest BCUT2D eigenvalue weighted by Crippen LogP contribution is -2.42. The maximum Gasteiger partial charge on any atom is 0.243 e. The van der Waals surface area contributed by atoms with E-state index in [0.717, 1.165) is 23.7 Å². The second-order valence-electron chi connectivity index (χ2n) is 8.32. The van der Waals surface area contributed by atoms with Gasteiger partial charge in [0.2, 0.25) is 11.9 Å². The fourth-order valence-electron chi connectivity index (χ4n) is 4.26. The van der Waals surface area contributed by atoms with Gasteiger partial charge in [0, 0.05) is 30.6 Å². The van der Waals surface area contributed by atoms with Crippen LogP contribution < -0.4 is 16.0 Å². The maximum absolute atomic E-state index is 13.9. The normalized spacial score (nSPS) is 19.2. The molecular weight excluding hydrogens is 409 g/mol. The van der Waals surface area contributed by atoms with E-state index >= 15 is 0 Å². The van der Waals surface area contributed by atoms with Crippen LogP contribution in [0.2, 0.25) is 0 Å². The molecular formula is C23H22FN7O. The second-order valence-corrected chi connectivity index (χ2v) is 8.32. The fourth-order valence-corrected chi connectivity index (χ4v) is 4.26. The monoisotopic (exact) mass is 431 g/mol. The predicted octanol–water partition coefficient (Wildman–Crippen LogP) is 2.46. The molecule has 2 aromatic heterocycles. The summed E-state index contributed by atoms with van der Waals surface area (Å²) in [6, 6.07) is 11.8. The van der Waals surface area contributed by atoms with E-state index in [0.29, 0.717) is 48.5 Å². The molecule has 0 unspecified atom stereocenters. The van der Waals surface area contributed by atoms with Gasteiger partial charge in [0.25, 0.3) is 0 Å². The van der Waals surface area contributed by atoms with E-state index in [1.54, 1.807) is 16.6 Å². The molecule has 4 aromatic rings. The van der Waals surface area contributed by atoms with Crippen LogP contribution in [0.1, 0.15) is 24.3 Å². The van der Waals surface area contributed by atoms with Crippen molar-refractivity contribution in [3.63, 3.8) is 0 Å². The number of nitrogens with one attached hydrogen (secondary N) is 3. The van der Waals surface area contributed by atoms with Crippen molar-refractivity contribution in [3.8, 4) is 11.4 Å². The third-order valence-corrected chi connectivity index (χ3v) is 6.00. The zero-order chi connectivity index (χ0) is 21.7. The van der Waals surface area contributed by atoms with Crippen LogP contribution in [0.15, 0.2) is 42.5 Å². The van der Waals surface area contributed by atoms with Gasteiger partial charge in [0.15, 0.2) is 11.5 Å². The molecule has 0 spiro atoms. The molecule has 1 atom stereocenters. The molecule has 3 N–H and O–H groups in total. The van der Waals surface area contributed by atoms with Crippen molar-refractivity contribution < 1.29 is 9.18 Å². The molecule has 32 heavy (non-hydrogen) atoms. The van der Waals surface area contributed by atoms with E-state index in [2.05, 4.69) is 27.1 Å². The number of aromatic nitrogens is 4. The number of carbonyl (C=O) groups excluding carboxylic acids is 1. The number of hydrogen-bond donors (Lipinski definition) is 3. The average Bonchev–Trinajstić information content (AvgIpc) is 3.57. The number of anilines is 1. The van der Waals surface area contributed by atoms with Crippen LogP contribution in [-0.4, -0.2) is 51.2 Å². The Kier molecular flexibility index (Phi) is 4.50. The number of hydrogen-bond acceptors (Lipinski definition) is 6. The largest absolute Gasteiger partial charge is 0.353 e. The van der Waals surface area contributed by atoms with Gasteiger partial charge in [-0.15, -0.1) is 5.10 Å². The number of carbonyl (C=O) groups is 1. The Hall–Kier alpha value is -3.59. The molecule has 3 heterocycles. The van der Waals surface area contributed by atoms with Crippen LogP contribution in [0.3, 0.4) is 0 Å². The Morgan fingerprint density at radius 1 is 1.09 bits per heavy atom. The predicted molar refractivity (Wildman–Crippen MR) is 119 cm³/mol. The van der Waals surface area contributed by atoms with Gasteiger partial charge in [-0.2, -0.15) is 4.52 Å². The molecule has 1 aliphatic heterocycles. The molecule has 2 fully saturated rings. The fraction of sp³-hybridized carbons (Fsp3) is 0.304. The Balaban J connectivity index is 1.55. The summed E-state index contributed by atoms with van der Waals surface area (Å²) in [4.78, 5) is 22.1. The van der Waals surface area contributed by atoms with Gasteiger partial charge in [-0.3, -0.25) is 4.79 Å². The van der Waals surface area contributed by atoms with Gasteiger partial charge in [-0.05, 0) is 42.5 Å². The van der Waals surface area contributed by atoms with Crippen LogP contribution in [0.25, 0.3) is 27.9 Å². The van der Waals surface area contributed by atoms with Crippen molar-refractivity contribution in [1.29, 1.82) is 0 Å². The topological polar surface area (TPSA) is 96.2 Å². The van der Waals surface area contributed by atoms with Crippen molar-refractivity contribution in [2.45, 2.75) is 24.8 Å². The van der Waals surface area contributed by atoms with Gasteiger partial charge in [0.1, 0.15) is 11.9 Å². The van der Waals surface area contributed by atoms with E-state index in [-0.39, 0.29) is 11.7 Å². The third-order valence-electron chi connectivity index (χ3n) is 6.00. The summed E-state index contributed by atoms with van der Waals surface area (Å²) in [5, 5.41) is 15.0. The summed E-state index contributed by atoms with van der Waals surface area (Å²) in [6.07, 6.45) is 2.29. The van der Waals surface area contributed by atoms with Crippen molar-refractivity contribution in [3.05, 3.63) is 53.8 Å². The summed E-state index contributed by atoms with van der Waals surface area (Å²) >= 11 is 0. The molecule has 2 aromatic carbocycles. The summed E-state index contributed by atoms with van der Waals surface area (Å²) in [5.41, 5.74) is 3.25. The summed E-state index contributed by atoms with van der Waals surface area (Å²) in [5.74, 6) is 0.898. The van der Waals surface area contributed by atoms with Gasteiger partial charge in [0.05, 0.1) is 5.52 Å². The number of benzene rings is 2. The molecule has 2 aliphatic rings. The SMILES string of the molecule is O=C1NCCNC[C@H]1Nc1nc2cccc(C3CC3)c2c2nc(-c3cccc(F)c3)nn12. The van der Waals surface area contributed by atoms with Crippen LogP contribution in [0.4, 0.5) is 10.3 Å². The first-order valence-corrected chi connectivity index (χ1v) is 10.9. The van der Waals surface area contributed by atoms with Gasteiger partial charge in [-0.25, -0.2) is 14.4 Å². The van der Waals surface area contributed by atoms with Gasteiger partial charge < -0.3 is 16.0 Å². The lowest BCUT2D eigenvalue weighted by Gasteiger charge is -2.17. The molecule has 8 nitrogen and oxygen atoms in total. The Bertz CT molecular complexity index is 1350. The van der Waals surface area contributed by atoms with Gasteiger partial charge >= 0.3 is 0 Å². The van der Waals surface area contributed by atoms with E-state index in [9.17, 15) is 9.18 Å². The number of nitrogens with zero attached hydrogens (tertiary/aromatic N) is 4. The molecule has 9 heteroatoms. The number of fused-ring (bicyclic) bond motifs is 3. The smallest absolute Gasteiger partial charge is 0.243 e. The highest BCUT2D eigenvalue weighted by Crippen LogP contribution is 2.44. The quantitative estimate of drug-likeness (QED) is 0.459. The second kappa shape index (κ2) is 7.52. The molecule has 162 valence electrons. The first-order chi connectivity index (χ1) is 15.7. The van der Waals surface area contributed by atoms with Crippen LogP contribution >= 0.6 is 0 Å². The molecule has 0 radical (unpaired) electrons. The van der Waals surface area contributed by atoms with Crippen molar-refractivity contribution in [2.24, 2.45) is 0 Å². The standard InChI is InChI=1S/C23H22FN7O/c24-15-4-1-3-14(11-15)20-29-21-19-16(13-7-8-13)5-2-6-17(19)27-23(31(21)30-20)28-18-12-25-9-10-26-22(18)32/h1-6,11,13,18,25H,7-10,12H2,(H,26,32)(H,27,28)/t18-/m1/s1. The lowest BCUT2D eigenvalue weighted by atomic mass is 10.1. The minimum atomic E-state index is -0.501. The Labute approximate surface area is 183 Å². The summed E-state index contributed by atoms with van der Waals surface area (Å²) < 4.78 is 15.5. The highest BCUT2D eigenvalue weighted by molar-refractivity contribution is 5.96. The minimum Gasteiger partial charge on any atom is -0.353 e. The van der Waals surface area contributed by atoms with E-state index in [1.807, 2.05) is 12.1 Å². The van der Waals surface area contributed by atoms with Crippen molar-refractivity contribution in [2.75, 3.05) is 25.0 Å². The Morgan fingerprint density at radius 2 is 1.97 bits per heavy atom. The maximum atomic E-state index is 13.9. The van der Waals surface area contributed by atoms with Gasteiger partial charge in [-0.1, -0.05) is 24.3 Å². The van der Waals surface area contributed by atoms with Crippen LogP contribution in [-0.2, 0) is 4.79 Å². The van der Waals surface area contributed by atoms with E-state index in [4.69, 9.17) is 9.97 Å². The summed E-state index contributed by atoms with van der Waals surface area (Å²) in [6.45, 7) is 1.76. The average molecular weight is 431 g/mol. The summed E-state index contributed by atoms with van der Waals surface area (Å²) in [7, 11) is 0. The zero-order valence-electron chi connectivity index (χ0n) is 17.3. The molecule has 1 saturated heterocycles. The van der Waals surface area contributed by atoms with Crippen molar-refractivity contribution >= 4 is 28.4 Å². The molecule has 1 amide bonds. The first-order valence-electron chi connectivity index (χ1n) is 10.9. The molecule has 6 rings (SSSR count). The molecule has 0 bridgehead atoms. The number of amides is 1. The number of halogens is 1. The highest BCUT2D eigenvalue weighted by atomic mass is 19.1. The van der Waals surface area contributed by atoms with E-state index in [1.165, 1.54) is 17.7 Å².